The monoisotopic (exact) mass is 205 g/mol. The van der Waals surface area contributed by atoms with E-state index >= 15 is 0 Å². The highest BCUT2D eigenvalue weighted by molar-refractivity contribution is 7.99. The highest BCUT2D eigenvalue weighted by Gasteiger charge is 2.16. The predicted molar refractivity (Wildman–Crippen MR) is 61.1 cm³/mol. The summed E-state index contributed by atoms with van der Waals surface area (Å²) in [5.74, 6) is 2.99. The number of nitrogens with two attached hydrogens (primary N) is 1. The molecule has 0 aromatic carbocycles. The molecule has 2 nitrogen and oxygen atoms in total. The molecule has 3 N–H and O–H groups in total. The van der Waals surface area contributed by atoms with Crippen molar-refractivity contribution in [3.05, 3.63) is 0 Å². The molecular weight excluding hydrogens is 182 g/mol. The third-order valence-corrected chi connectivity index (χ3v) is 3.62. The Morgan fingerprint density at radius 3 is 2.62 bits per heavy atom. The van der Waals surface area contributed by atoms with Crippen LogP contribution < -0.4 is 5.73 Å². The highest BCUT2D eigenvalue weighted by atomic mass is 32.2. The first kappa shape index (κ1) is 13.3. The molecule has 13 heavy (non-hydrogen) atoms. The van der Waals surface area contributed by atoms with Crippen LogP contribution in [0.15, 0.2) is 0 Å². The van der Waals surface area contributed by atoms with Crippen LogP contribution in [0, 0.1) is 5.92 Å². The van der Waals surface area contributed by atoms with Crippen LogP contribution in [-0.4, -0.2) is 28.8 Å². The van der Waals surface area contributed by atoms with Gasteiger partial charge in [0.1, 0.15) is 0 Å². The maximum Gasteiger partial charge on any atom is 0.0749 e. The maximum atomic E-state index is 9.61. The van der Waals surface area contributed by atoms with Crippen molar-refractivity contribution < 1.29 is 5.11 Å². The smallest absolute Gasteiger partial charge is 0.0749 e. The molecule has 80 valence electrons. The number of aliphatic hydroxyl groups is 1. The van der Waals surface area contributed by atoms with Gasteiger partial charge in [0.2, 0.25) is 0 Å². The van der Waals surface area contributed by atoms with Crippen molar-refractivity contribution in [3.8, 4) is 0 Å². The Bertz CT molecular complexity index is 128. The zero-order valence-electron chi connectivity index (χ0n) is 9.05. The van der Waals surface area contributed by atoms with Crippen LogP contribution in [0.3, 0.4) is 0 Å². The van der Waals surface area contributed by atoms with E-state index < -0.39 is 5.60 Å². The van der Waals surface area contributed by atoms with Crippen molar-refractivity contribution in [2.75, 3.05) is 18.1 Å². The molecular formula is C10H23NOS. The highest BCUT2D eigenvalue weighted by Crippen LogP contribution is 2.16. The lowest BCUT2D eigenvalue weighted by molar-refractivity contribution is 0.0665. The Labute approximate surface area is 86.3 Å². The minimum Gasteiger partial charge on any atom is -0.389 e. The minimum absolute atomic E-state index is 0.358. The van der Waals surface area contributed by atoms with Gasteiger partial charge in [0.25, 0.3) is 0 Å². The molecule has 2 atom stereocenters. The summed E-state index contributed by atoms with van der Waals surface area (Å²) in [4.78, 5) is 0. The summed E-state index contributed by atoms with van der Waals surface area (Å²) in [6.45, 7) is 6.63. The second kappa shape index (κ2) is 6.68. The topological polar surface area (TPSA) is 46.2 Å². The lowest BCUT2D eigenvalue weighted by atomic mass is 10.1. The maximum absolute atomic E-state index is 9.61. The Hall–Kier alpha value is 0.270. The molecule has 0 aromatic rings. The van der Waals surface area contributed by atoms with Crippen LogP contribution in [0.5, 0.6) is 0 Å². The molecule has 0 aliphatic carbocycles. The largest absolute Gasteiger partial charge is 0.389 e. The lowest BCUT2D eigenvalue weighted by Crippen LogP contribution is -2.34. The number of rotatable bonds is 7. The molecule has 0 saturated carbocycles. The van der Waals surface area contributed by atoms with E-state index in [1.165, 1.54) is 12.2 Å². The molecule has 0 aliphatic rings. The second-order valence-electron chi connectivity index (χ2n) is 4.04. The quantitative estimate of drug-likeness (QED) is 0.624. The summed E-state index contributed by atoms with van der Waals surface area (Å²) in [5, 5.41) is 9.61. The van der Waals surface area contributed by atoms with Gasteiger partial charge in [-0.2, -0.15) is 11.8 Å². The van der Waals surface area contributed by atoms with E-state index in [1.807, 2.05) is 11.8 Å². The SMILES string of the molecule is CCC(C)CSCCC(C)(O)CN. The Balaban J connectivity index is 3.35. The van der Waals surface area contributed by atoms with E-state index in [1.54, 1.807) is 6.92 Å². The van der Waals surface area contributed by atoms with Crippen molar-refractivity contribution in [3.63, 3.8) is 0 Å². The van der Waals surface area contributed by atoms with Crippen LogP contribution >= 0.6 is 11.8 Å². The van der Waals surface area contributed by atoms with Crippen molar-refractivity contribution in [2.24, 2.45) is 11.7 Å². The average Bonchev–Trinajstić information content (AvgIpc) is 2.12. The van der Waals surface area contributed by atoms with Gasteiger partial charge in [-0.1, -0.05) is 20.3 Å². The van der Waals surface area contributed by atoms with Gasteiger partial charge < -0.3 is 10.8 Å². The van der Waals surface area contributed by atoms with E-state index in [2.05, 4.69) is 13.8 Å². The fourth-order valence-corrected chi connectivity index (χ4v) is 2.19. The lowest BCUT2D eigenvalue weighted by Gasteiger charge is -2.20. The molecule has 0 heterocycles. The molecule has 0 spiro atoms. The van der Waals surface area contributed by atoms with E-state index in [0.717, 1.165) is 18.1 Å². The average molecular weight is 205 g/mol. The summed E-state index contributed by atoms with van der Waals surface area (Å²) >= 11 is 1.91. The van der Waals surface area contributed by atoms with Crippen LogP contribution in [0.1, 0.15) is 33.6 Å². The molecule has 0 saturated heterocycles. The molecule has 0 rings (SSSR count). The molecule has 0 amide bonds. The van der Waals surface area contributed by atoms with Crippen molar-refractivity contribution in [1.29, 1.82) is 0 Å². The van der Waals surface area contributed by atoms with Gasteiger partial charge in [0.05, 0.1) is 5.60 Å². The Morgan fingerprint density at radius 1 is 1.54 bits per heavy atom. The molecule has 3 heteroatoms. The van der Waals surface area contributed by atoms with Crippen molar-refractivity contribution in [2.45, 2.75) is 39.2 Å². The molecule has 0 aromatic heterocycles. The van der Waals surface area contributed by atoms with Crippen LogP contribution in [0.2, 0.25) is 0 Å². The third kappa shape index (κ3) is 7.35. The van der Waals surface area contributed by atoms with E-state index in [9.17, 15) is 5.11 Å². The van der Waals surface area contributed by atoms with Crippen LogP contribution in [-0.2, 0) is 0 Å². The summed E-state index contributed by atoms with van der Waals surface area (Å²) in [6, 6.07) is 0. The summed E-state index contributed by atoms with van der Waals surface area (Å²) < 4.78 is 0. The molecule has 0 radical (unpaired) electrons. The first-order chi connectivity index (χ1) is 6.02. The molecule has 2 unspecified atom stereocenters. The molecule has 0 fully saturated rings. The minimum atomic E-state index is -0.664. The summed E-state index contributed by atoms with van der Waals surface area (Å²) in [6.07, 6.45) is 2.03. The normalized spacial score (nSPS) is 18.2. The van der Waals surface area contributed by atoms with Gasteiger partial charge >= 0.3 is 0 Å². The van der Waals surface area contributed by atoms with Crippen molar-refractivity contribution in [1.82, 2.24) is 0 Å². The van der Waals surface area contributed by atoms with Crippen LogP contribution in [0.25, 0.3) is 0 Å². The number of thioether (sulfide) groups is 1. The fraction of sp³-hybridized carbons (Fsp3) is 1.00. The first-order valence-electron chi connectivity index (χ1n) is 5.02. The van der Waals surface area contributed by atoms with Gasteiger partial charge in [-0.05, 0) is 30.8 Å². The Morgan fingerprint density at radius 2 is 2.15 bits per heavy atom. The predicted octanol–water partition coefficient (Wildman–Crippen LogP) is 1.87. The number of hydrogen-bond donors (Lipinski definition) is 2. The van der Waals surface area contributed by atoms with Crippen molar-refractivity contribution >= 4 is 11.8 Å². The summed E-state index contributed by atoms with van der Waals surface area (Å²) in [5.41, 5.74) is 4.75. The molecule has 0 aliphatic heterocycles. The van der Waals surface area contributed by atoms with Gasteiger partial charge in [-0.15, -0.1) is 0 Å². The zero-order chi connectivity index (χ0) is 10.3. The van der Waals surface area contributed by atoms with E-state index in [-0.39, 0.29) is 0 Å². The van der Waals surface area contributed by atoms with Gasteiger partial charge in [0.15, 0.2) is 0 Å². The second-order valence-corrected chi connectivity index (χ2v) is 5.19. The third-order valence-electron chi connectivity index (χ3n) is 2.32. The number of hydrogen-bond acceptors (Lipinski definition) is 3. The van der Waals surface area contributed by atoms with Crippen LogP contribution in [0.4, 0.5) is 0 Å². The Kier molecular flexibility index (Phi) is 6.82. The van der Waals surface area contributed by atoms with Gasteiger partial charge in [0, 0.05) is 6.54 Å². The standard InChI is InChI=1S/C10H23NOS/c1-4-9(2)7-13-6-5-10(3,12)8-11/h9,12H,4-8,11H2,1-3H3. The van der Waals surface area contributed by atoms with E-state index in [4.69, 9.17) is 5.73 Å². The first-order valence-corrected chi connectivity index (χ1v) is 6.17. The van der Waals surface area contributed by atoms with E-state index in [0.29, 0.717) is 6.54 Å². The van der Waals surface area contributed by atoms with Gasteiger partial charge in [-0.3, -0.25) is 0 Å². The molecule has 0 bridgehead atoms. The van der Waals surface area contributed by atoms with Gasteiger partial charge in [-0.25, -0.2) is 0 Å². The zero-order valence-corrected chi connectivity index (χ0v) is 9.86. The fourth-order valence-electron chi connectivity index (χ4n) is 0.796. The summed E-state index contributed by atoms with van der Waals surface area (Å²) in [7, 11) is 0.